The van der Waals surface area contributed by atoms with Crippen LogP contribution in [0.15, 0.2) is 42.5 Å². The van der Waals surface area contributed by atoms with Gasteiger partial charge in [-0.05, 0) is 75.5 Å². The molecule has 0 spiro atoms. The molecule has 1 aromatic heterocycles. The second-order valence-corrected chi connectivity index (χ2v) is 8.98. The maximum atomic E-state index is 13.2. The SMILES string of the molecule is Cc1ccc(-n2nc(-c3ccc(C)c(C)c3)cc2C(=O)NCCCN2CCOCC2)c(C)c1. The lowest BCUT2D eigenvalue weighted by Crippen LogP contribution is -2.38. The van der Waals surface area contributed by atoms with Gasteiger partial charge in [-0.25, -0.2) is 4.68 Å². The summed E-state index contributed by atoms with van der Waals surface area (Å²) in [6, 6.07) is 14.4. The molecule has 1 amide bonds. The Bertz CT molecular complexity index is 1130. The van der Waals surface area contributed by atoms with Crippen molar-refractivity contribution < 1.29 is 9.53 Å². The van der Waals surface area contributed by atoms with E-state index >= 15 is 0 Å². The molecule has 1 aliphatic heterocycles. The molecule has 0 aliphatic carbocycles. The predicted octanol–water partition coefficient (Wildman–Crippen LogP) is 4.23. The molecule has 1 aliphatic rings. The second-order valence-electron chi connectivity index (χ2n) is 8.98. The molecule has 2 heterocycles. The Balaban J connectivity index is 1.57. The highest BCUT2D eigenvalue weighted by atomic mass is 16.5. The van der Waals surface area contributed by atoms with Crippen molar-refractivity contribution in [2.75, 3.05) is 39.4 Å². The third kappa shape index (κ3) is 5.52. The Morgan fingerprint density at radius 2 is 1.76 bits per heavy atom. The lowest BCUT2D eigenvalue weighted by atomic mass is 10.0. The van der Waals surface area contributed by atoms with Crippen LogP contribution in [0.1, 0.15) is 39.2 Å². The van der Waals surface area contributed by atoms with Gasteiger partial charge < -0.3 is 10.1 Å². The van der Waals surface area contributed by atoms with Crippen molar-refractivity contribution in [1.82, 2.24) is 20.0 Å². The van der Waals surface area contributed by atoms with E-state index in [2.05, 4.69) is 68.2 Å². The number of nitrogens with one attached hydrogen (secondary N) is 1. The number of rotatable bonds is 7. The van der Waals surface area contributed by atoms with E-state index in [1.165, 1.54) is 16.7 Å². The average molecular weight is 447 g/mol. The number of carbonyl (C=O) groups excluding carboxylic acids is 1. The maximum Gasteiger partial charge on any atom is 0.270 e. The molecule has 4 rings (SSSR count). The summed E-state index contributed by atoms with van der Waals surface area (Å²) < 4.78 is 7.19. The molecule has 0 bridgehead atoms. The molecule has 2 aromatic carbocycles. The summed E-state index contributed by atoms with van der Waals surface area (Å²) in [7, 11) is 0. The van der Waals surface area contributed by atoms with Crippen molar-refractivity contribution in [3.63, 3.8) is 0 Å². The Morgan fingerprint density at radius 3 is 2.48 bits per heavy atom. The van der Waals surface area contributed by atoms with Crippen LogP contribution in [0.5, 0.6) is 0 Å². The van der Waals surface area contributed by atoms with Gasteiger partial charge in [0.05, 0.1) is 24.6 Å². The number of aryl methyl sites for hydroxylation is 4. The smallest absolute Gasteiger partial charge is 0.270 e. The van der Waals surface area contributed by atoms with E-state index in [4.69, 9.17) is 9.84 Å². The van der Waals surface area contributed by atoms with Crippen LogP contribution in [0, 0.1) is 27.7 Å². The van der Waals surface area contributed by atoms with Gasteiger partial charge in [0, 0.05) is 25.2 Å². The fraction of sp³-hybridized carbons (Fsp3) is 0.407. The summed E-state index contributed by atoms with van der Waals surface area (Å²) in [6.07, 6.45) is 0.910. The van der Waals surface area contributed by atoms with Crippen molar-refractivity contribution >= 4 is 5.91 Å². The molecule has 3 aromatic rings. The number of benzene rings is 2. The Morgan fingerprint density at radius 1 is 0.970 bits per heavy atom. The number of hydrogen-bond acceptors (Lipinski definition) is 4. The third-order valence-corrected chi connectivity index (χ3v) is 6.37. The van der Waals surface area contributed by atoms with Gasteiger partial charge in [0.15, 0.2) is 0 Å². The van der Waals surface area contributed by atoms with E-state index < -0.39 is 0 Å². The van der Waals surface area contributed by atoms with Gasteiger partial charge in [0.2, 0.25) is 0 Å². The van der Waals surface area contributed by atoms with Crippen molar-refractivity contribution in [3.8, 4) is 16.9 Å². The summed E-state index contributed by atoms with van der Waals surface area (Å²) in [5.74, 6) is -0.0977. The first kappa shape index (κ1) is 23.2. The van der Waals surface area contributed by atoms with Crippen LogP contribution in [-0.2, 0) is 4.74 Å². The zero-order valence-electron chi connectivity index (χ0n) is 20.1. The summed E-state index contributed by atoms with van der Waals surface area (Å²) >= 11 is 0. The van der Waals surface area contributed by atoms with Gasteiger partial charge in [-0.1, -0.05) is 29.8 Å². The van der Waals surface area contributed by atoms with E-state index in [9.17, 15) is 4.79 Å². The number of aromatic nitrogens is 2. The molecule has 6 heteroatoms. The number of ether oxygens (including phenoxy) is 1. The second kappa shape index (κ2) is 10.3. The molecule has 6 nitrogen and oxygen atoms in total. The molecule has 0 atom stereocenters. The van der Waals surface area contributed by atoms with Crippen LogP contribution in [0.3, 0.4) is 0 Å². The normalized spacial score (nSPS) is 14.4. The minimum atomic E-state index is -0.0977. The van der Waals surface area contributed by atoms with Gasteiger partial charge in [-0.15, -0.1) is 0 Å². The lowest BCUT2D eigenvalue weighted by Gasteiger charge is -2.26. The van der Waals surface area contributed by atoms with Gasteiger partial charge >= 0.3 is 0 Å². The first-order valence-electron chi connectivity index (χ1n) is 11.8. The molecule has 0 saturated carbocycles. The van der Waals surface area contributed by atoms with Crippen molar-refractivity contribution in [1.29, 1.82) is 0 Å². The Labute approximate surface area is 196 Å². The van der Waals surface area contributed by atoms with Crippen LogP contribution in [0.2, 0.25) is 0 Å². The number of hydrogen-bond donors (Lipinski definition) is 1. The summed E-state index contributed by atoms with van der Waals surface area (Å²) in [5.41, 5.74) is 8.03. The molecular formula is C27H34N4O2. The predicted molar refractivity (Wildman–Crippen MR) is 132 cm³/mol. The van der Waals surface area contributed by atoms with Crippen molar-refractivity contribution in [2.45, 2.75) is 34.1 Å². The van der Waals surface area contributed by atoms with Crippen molar-refractivity contribution in [2.24, 2.45) is 0 Å². The van der Waals surface area contributed by atoms with E-state index in [1.54, 1.807) is 4.68 Å². The molecule has 0 radical (unpaired) electrons. The molecule has 174 valence electrons. The highest BCUT2D eigenvalue weighted by Gasteiger charge is 2.19. The topological polar surface area (TPSA) is 59.4 Å². The summed E-state index contributed by atoms with van der Waals surface area (Å²) in [6.45, 7) is 13.4. The molecule has 1 N–H and O–H groups in total. The lowest BCUT2D eigenvalue weighted by molar-refractivity contribution is 0.0374. The minimum absolute atomic E-state index is 0.0977. The van der Waals surface area contributed by atoms with E-state index in [0.29, 0.717) is 12.2 Å². The average Bonchev–Trinajstić information content (AvgIpc) is 3.24. The number of morpholine rings is 1. The largest absolute Gasteiger partial charge is 0.379 e. The van der Waals surface area contributed by atoms with E-state index in [1.807, 2.05) is 12.1 Å². The highest BCUT2D eigenvalue weighted by Crippen LogP contribution is 2.25. The fourth-order valence-electron chi connectivity index (χ4n) is 4.23. The summed E-state index contributed by atoms with van der Waals surface area (Å²) in [5, 5.41) is 7.98. The summed E-state index contributed by atoms with van der Waals surface area (Å²) in [4.78, 5) is 15.6. The minimum Gasteiger partial charge on any atom is -0.379 e. The Kier molecular flexibility index (Phi) is 7.26. The molecular weight excluding hydrogens is 412 g/mol. The van der Waals surface area contributed by atoms with Crippen molar-refractivity contribution in [3.05, 3.63) is 70.4 Å². The zero-order chi connectivity index (χ0) is 23.4. The molecule has 1 fully saturated rings. The Hall–Kier alpha value is -2.96. The monoisotopic (exact) mass is 446 g/mol. The van der Waals surface area contributed by atoms with Crippen LogP contribution >= 0.6 is 0 Å². The first-order chi connectivity index (χ1) is 15.9. The van der Waals surface area contributed by atoms with Crippen LogP contribution in [0.4, 0.5) is 0 Å². The van der Waals surface area contributed by atoms with E-state index in [-0.39, 0.29) is 5.91 Å². The highest BCUT2D eigenvalue weighted by molar-refractivity contribution is 5.94. The molecule has 33 heavy (non-hydrogen) atoms. The van der Waals surface area contributed by atoms with Gasteiger partial charge in [0.25, 0.3) is 5.91 Å². The standard InChI is InChI=1S/C27H34N4O2/c1-19-6-9-25(22(4)16-19)31-26(18-24(29-31)23-8-7-20(2)21(3)17-23)27(32)28-10-5-11-30-12-14-33-15-13-30/h6-9,16-18H,5,10-15H2,1-4H3,(H,28,32). The molecule has 0 unspecified atom stereocenters. The number of nitrogens with zero attached hydrogens (tertiary/aromatic N) is 3. The van der Waals surface area contributed by atoms with Crippen LogP contribution in [-0.4, -0.2) is 60.0 Å². The van der Waals surface area contributed by atoms with Gasteiger partial charge in [-0.2, -0.15) is 5.10 Å². The molecule has 1 saturated heterocycles. The third-order valence-electron chi connectivity index (χ3n) is 6.37. The van der Waals surface area contributed by atoms with Crippen LogP contribution < -0.4 is 5.32 Å². The van der Waals surface area contributed by atoms with E-state index in [0.717, 1.165) is 61.8 Å². The number of amides is 1. The van der Waals surface area contributed by atoms with Gasteiger partial charge in [0.1, 0.15) is 5.69 Å². The zero-order valence-corrected chi connectivity index (χ0v) is 20.1. The number of carbonyl (C=O) groups is 1. The first-order valence-corrected chi connectivity index (χ1v) is 11.8. The fourth-order valence-corrected chi connectivity index (χ4v) is 4.23. The van der Waals surface area contributed by atoms with Crippen LogP contribution in [0.25, 0.3) is 16.9 Å². The van der Waals surface area contributed by atoms with Gasteiger partial charge in [-0.3, -0.25) is 9.69 Å². The quantitative estimate of drug-likeness (QED) is 0.552. The maximum absolute atomic E-state index is 13.2.